The Balaban J connectivity index is 1.27. The first-order valence-electron chi connectivity index (χ1n) is 15.2. The first-order valence-corrected chi connectivity index (χ1v) is 16.9. The van der Waals surface area contributed by atoms with Crippen LogP contribution in [0, 0.1) is 0 Å². The molecule has 0 unspecified atom stereocenters. The highest BCUT2D eigenvalue weighted by Gasteiger charge is 2.23. The summed E-state index contributed by atoms with van der Waals surface area (Å²) < 4.78 is 13.8. The SMILES string of the molecule is c1ccc2c(c1)oc1nc(-n3c4ccccc4c4c5sc6ccccc6c5ccc43)nc(-c3ccc4sc5ccccc5c4c3)c12. The monoisotopic (exact) mass is 623 g/mol. The number of rotatable bonds is 2. The molecule has 0 aliphatic rings. The van der Waals surface area contributed by atoms with Gasteiger partial charge in [0.05, 0.1) is 22.1 Å². The number of nitrogens with zero attached hydrogens (tertiary/aromatic N) is 3. The Kier molecular flexibility index (Phi) is 4.84. The maximum absolute atomic E-state index is 6.47. The van der Waals surface area contributed by atoms with E-state index in [1.807, 2.05) is 40.9 Å². The smallest absolute Gasteiger partial charge is 0.238 e. The number of fused-ring (bicyclic) bond motifs is 13. The molecule has 11 aromatic rings. The quantitative estimate of drug-likeness (QED) is 0.192. The molecular formula is C40H21N3OS2. The van der Waals surface area contributed by atoms with Crippen molar-refractivity contribution in [2.75, 3.05) is 0 Å². The van der Waals surface area contributed by atoms with Gasteiger partial charge in [0.15, 0.2) is 0 Å². The summed E-state index contributed by atoms with van der Waals surface area (Å²) in [5.41, 5.74) is 5.47. The molecule has 0 atom stereocenters. The molecule has 0 N–H and O–H groups in total. The molecule has 0 bridgehead atoms. The molecule has 0 aliphatic heterocycles. The summed E-state index contributed by atoms with van der Waals surface area (Å²) in [7, 11) is 0. The molecule has 0 amide bonds. The zero-order valence-corrected chi connectivity index (χ0v) is 25.8. The molecule has 0 saturated heterocycles. The Morgan fingerprint density at radius 3 is 2.07 bits per heavy atom. The average Bonchev–Trinajstić information content (AvgIpc) is 3.85. The molecule has 0 fully saturated rings. The minimum absolute atomic E-state index is 0.588. The highest BCUT2D eigenvalue weighted by atomic mass is 32.1. The highest BCUT2D eigenvalue weighted by molar-refractivity contribution is 7.27. The standard InChI is InChI=1S/C40H21N3OS2/c1-5-13-29-26(11-1)35-30(19-18-25-23-9-3-8-16-33(23)46-38(25)35)43(29)40-41-37(36-27-12-2-6-14-31(27)44-39(36)42-40)22-17-20-34-28(21-22)24-10-4-7-15-32(24)45-34/h1-21H. The maximum Gasteiger partial charge on any atom is 0.238 e. The lowest BCUT2D eigenvalue weighted by Gasteiger charge is -2.10. The lowest BCUT2D eigenvalue weighted by Crippen LogP contribution is -2.02. The van der Waals surface area contributed by atoms with Crippen LogP contribution in [0.1, 0.15) is 0 Å². The van der Waals surface area contributed by atoms with Gasteiger partial charge in [-0.3, -0.25) is 4.57 Å². The summed E-state index contributed by atoms with van der Waals surface area (Å²) in [6, 6.07) is 45.2. The van der Waals surface area contributed by atoms with Gasteiger partial charge < -0.3 is 4.42 Å². The van der Waals surface area contributed by atoms with Gasteiger partial charge in [-0.05, 0) is 42.5 Å². The van der Waals surface area contributed by atoms with Crippen LogP contribution in [0.5, 0.6) is 0 Å². The van der Waals surface area contributed by atoms with Crippen molar-refractivity contribution in [2.45, 2.75) is 0 Å². The molecule has 0 saturated carbocycles. The normalized spacial score (nSPS) is 12.3. The van der Waals surface area contributed by atoms with Crippen molar-refractivity contribution in [3.63, 3.8) is 0 Å². The second-order valence-corrected chi connectivity index (χ2v) is 13.9. The number of hydrogen-bond donors (Lipinski definition) is 0. The van der Waals surface area contributed by atoms with E-state index >= 15 is 0 Å². The fourth-order valence-electron chi connectivity index (χ4n) is 7.24. The van der Waals surface area contributed by atoms with Gasteiger partial charge in [0, 0.05) is 62.1 Å². The molecule has 0 spiro atoms. The third kappa shape index (κ3) is 3.27. The summed E-state index contributed by atoms with van der Waals surface area (Å²) in [5.74, 6) is 0.600. The van der Waals surface area contributed by atoms with E-state index in [0.29, 0.717) is 11.7 Å². The van der Waals surface area contributed by atoms with Crippen LogP contribution in [-0.2, 0) is 0 Å². The van der Waals surface area contributed by atoms with Crippen LogP contribution in [-0.4, -0.2) is 14.5 Å². The first kappa shape index (κ1) is 24.7. The van der Waals surface area contributed by atoms with Gasteiger partial charge in [-0.1, -0.05) is 84.9 Å². The van der Waals surface area contributed by atoms with Crippen LogP contribution in [0.3, 0.4) is 0 Å². The maximum atomic E-state index is 6.47. The van der Waals surface area contributed by atoms with Crippen LogP contribution in [0.25, 0.3) is 101 Å². The van der Waals surface area contributed by atoms with Crippen molar-refractivity contribution in [3.8, 4) is 17.2 Å². The first-order chi connectivity index (χ1) is 22.8. The molecule has 214 valence electrons. The minimum atomic E-state index is 0.588. The number of furan rings is 1. The molecule has 0 radical (unpaired) electrons. The Labute approximate surface area is 269 Å². The minimum Gasteiger partial charge on any atom is -0.437 e. The van der Waals surface area contributed by atoms with Gasteiger partial charge in [0.1, 0.15) is 5.58 Å². The third-order valence-corrected chi connectivity index (χ3v) is 11.6. The van der Waals surface area contributed by atoms with Crippen molar-refractivity contribution >= 4 is 107 Å². The van der Waals surface area contributed by atoms with Crippen LogP contribution in [0.15, 0.2) is 132 Å². The molecule has 6 heteroatoms. The van der Waals surface area contributed by atoms with Gasteiger partial charge in [0.25, 0.3) is 0 Å². The summed E-state index contributed by atoms with van der Waals surface area (Å²) in [6.45, 7) is 0. The molecule has 6 aromatic carbocycles. The summed E-state index contributed by atoms with van der Waals surface area (Å²) in [5, 5.41) is 9.45. The summed E-state index contributed by atoms with van der Waals surface area (Å²) >= 11 is 3.68. The van der Waals surface area contributed by atoms with E-state index in [1.54, 1.807) is 0 Å². The van der Waals surface area contributed by atoms with Crippen molar-refractivity contribution in [1.82, 2.24) is 14.5 Å². The molecule has 0 aliphatic carbocycles. The van der Waals surface area contributed by atoms with Crippen LogP contribution in [0.4, 0.5) is 0 Å². The van der Waals surface area contributed by atoms with E-state index < -0.39 is 0 Å². The average molecular weight is 624 g/mol. The second-order valence-electron chi connectivity index (χ2n) is 11.7. The molecule has 11 rings (SSSR count). The molecule has 46 heavy (non-hydrogen) atoms. The van der Waals surface area contributed by atoms with Crippen molar-refractivity contribution in [3.05, 3.63) is 127 Å². The Morgan fingerprint density at radius 1 is 0.500 bits per heavy atom. The number of hydrogen-bond acceptors (Lipinski definition) is 5. The predicted molar refractivity (Wildman–Crippen MR) is 195 cm³/mol. The van der Waals surface area contributed by atoms with Crippen LogP contribution < -0.4 is 0 Å². The zero-order valence-electron chi connectivity index (χ0n) is 24.2. The van der Waals surface area contributed by atoms with E-state index in [4.69, 9.17) is 14.4 Å². The van der Waals surface area contributed by atoms with Gasteiger partial charge >= 0.3 is 0 Å². The number of aromatic nitrogens is 3. The Morgan fingerprint density at radius 2 is 1.20 bits per heavy atom. The van der Waals surface area contributed by atoms with E-state index in [1.165, 1.54) is 51.1 Å². The Bertz CT molecular complexity index is 3050. The van der Waals surface area contributed by atoms with E-state index in [2.05, 4.69) is 114 Å². The van der Waals surface area contributed by atoms with E-state index in [0.717, 1.165) is 38.6 Å². The van der Waals surface area contributed by atoms with Crippen molar-refractivity contribution in [2.24, 2.45) is 0 Å². The second kappa shape index (κ2) is 9.01. The summed E-state index contributed by atoms with van der Waals surface area (Å²) in [4.78, 5) is 10.6. The summed E-state index contributed by atoms with van der Waals surface area (Å²) in [6.07, 6.45) is 0. The molecule has 5 heterocycles. The molecular weight excluding hydrogens is 603 g/mol. The number of para-hydroxylation sites is 2. The van der Waals surface area contributed by atoms with Crippen molar-refractivity contribution < 1.29 is 4.42 Å². The zero-order chi connectivity index (χ0) is 29.9. The lowest BCUT2D eigenvalue weighted by atomic mass is 10.0. The van der Waals surface area contributed by atoms with Gasteiger partial charge in [-0.2, -0.15) is 4.98 Å². The predicted octanol–water partition coefficient (Wildman–Crippen LogP) is 11.9. The van der Waals surface area contributed by atoms with Gasteiger partial charge in [0.2, 0.25) is 11.7 Å². The van der Waals surface area contributed by atoms with Gasteiger partial charge in [-0.25, -0.2) is 4.98 Å². The van der Waals surface area contributed by atoms with E-state index in [-0.39, 0.29) is 0 Å². The van der Waals surface area contributed by atoms with Crippen LogP contribution >= 0.6 is 22.7 Å². The van der Waals surface area contributed by atoms with E-state index in [9.17, 15) is 0 Å². The molecule has 5 aromatic heterocycles. The lowest BCUT2D eigenvalue weighted by molar-refractivity contribution is 0.651. The number of benzene rings is 6. The largest absolute Gasteiger partial charge is 0.437 e. The third-order valence-electron chi connectivity index (χ3n) is 9.26. The molecule has 4 nitrogen and oxygen atoms in total. The number of thiophene rings is 2. The fraction of sp³-hybridized carbons (Fsp3) is 0. The Hall–Kier alpha value is -5.56. The van der Waals surface area contributed by atoms with Gasteiger partial charge in [-0.15, -0.1) is 22.7 Å². The van der Waals surface area contributed by atoms with Crippen molar-refractivity contribution in [1.29, 1.82) is 0 Å². The highest BCUT2D eigenvalue weighted by Crippen LogP contribution is 2.44. The van der Waals surface area contributed by atoms with Crippen LogP contribution in [0.2, 0.25) is 0 Å². The fourth-order valence-corrected chi connectivity index (χ4v) is 9.59. The topological polar surface area (TPSA) is 43.9 Å².